The largest absolute Gasteiger partial charge is 0.489 e. The van der Waals surface area contributed by atoms with Crippen molar-refractivity contribution in [2.75, 3.05) is 0 Å². The van der Waals surface area contributed by atoms with Gasteiger partial charge in [-0.1, -0.05) is 54.6 Å². The maximum atomic E-state index is 12.2. The van der Waals surface area contributed by atoms with E-state index in [2.05, 4.69) is 40.9 Å². The van der Waals surface area contributed by atoms with E-state index in [0.717, 1.165) is 21.8 Å². The number of carbonyl (C=O) groups is 1. The molecule has 4 nitrogen and oxygen atoms in total. The molecule has 160 valence electrons. The van der Waals surface area contributed by atoms with Crippen molar-refractivity contribution >= 4 is 34.7 Å². The Balaban J connectivity index is 1.26. The van der Waals surface area contributed by atoms with Gasteiger partial charge in [0.05, 0.1) is 11.5 Å². The van der Waals surface area contributed by atoms with Crippen LogP contribution < -0.4 is 10.2 Å². The zero-order valence-electron chi connectivity index (χ0n) is 17.8. The second-order valence-electron chi connectivity index (χ2n) is 7.35. The molecular weight excluding hydrogens is 416 g/mol. The first-order valence-electron chi connectivity index (χ1n) is 10.4. The molecule has 0 aromatic heterocycles. The molecule has 1 N–H and O–H groups in total. The minimum atomic E-state index is -0.236. The first-order valence-corrected chi connectivity index (χ1v) is 11.3. The Morgan fingerprint density at radius 1 is 0.938 bits per heavy atom. The van der Waals surface area contributed by atoms with Gasteiger partial charge >= 0.3 is 0 Å². The highest BCUT2D eigenvalue weighted by atomic mass is 32.2. The van der Waals surface area contributed by atoms with Gasteiger partial charge in [0.15, 0.2) is 0 Å². The highest BCUT2D eigenvalue weighted by molar-refractivity contribution is 8.00. The van der Waals surface area contributed by atoms with Crippen LogP contribution in [-0.4, -0.2) is 17.4 Å². The van der Waals surface area contributed by atoms with E-state index in [1.165, 1.54) is 22.5 Å². The molecule has 0 aliphatic heterocycles. The van der Waals surface area contributed by atoms with Gasteiger partial charge in [0.1, 0.15) is 12.4 Å². The highest BCUT2D eigenvalue weighted by Gasteiger charge is 2.13. The van der Waals surface area contributed by atoms with Crippen molar-refractivity contribution in [1.82, 2.24) is 5.43 Å². The monoisotopic (exact) mass is 440 g/mol. The first-order chi connectivity index (χ1) is 15.7. The molecule has 0 unspecified atom stereocenters. The maximum Gasteiger partial charge on any atom is 0.253 e. The van der Waals surface area contributed by atoms with Crippen molar-refractivity contribution in [2.45, 2.75) is 23.7 Å². The maximum absolute atomic E-state index is 12.2. The van der Waals surface area contributed by atoms with E-state index < -0.39 is 0 Å². The van der Waals surface area contributed by atoms with E-state index in [4.69, 9.17) is 4.74 Å². The van der Waals surface area contributed by atoms with Crippen LogP contribution in [0.25, 0.3) is 10.8 Å². The van der Waals surface area contributed by atoms with Crippen LogP contribution >= 0.6 is 11.8 Å². The summed E-state index contributed by atoms with van der Waals surface area (Å²) in [6.45, 7) is 2.37. The molecule has 1 amide bonds. The molecule has 5 heteroatoms. The number of hydrazone groups is 1. The van der Waals surface area contributed by atoms with Gasteiger partial charge in [-0.2, -0.15) is 5.10 Å². The first kappa shape index (κ1) is 21.7. The fourth-order valence-corrected chi connectivity index (χ4v) is 4.05. The number of amides is 1. The van der Waals surface area contributed by atoms with E-state index >= 15 is 0 Å². The number of nitrogens with zero attached hydrogens (tertiary/aromatic N) is 1. The number of thioether (sulfide) groups is 1. The number of nitrogens with one attached hydrogen (secondary N) is 1. The third-order valence-corrected chi connectivity index (χ3v) is 6.03. The van der Waals surface area contributed by atoms with Crippen LogP contribution in [0.3, 0.4) is 0 Å². The summed E-state index contributed by atoms with van der Waals surface area (Å²) in [7, 11) is 0. The van der Waals surface area contributed by atoms with Gasteiger partial charge in [-0.05, 0) is 71.3 Å². The molecule has 0 radical (unpaired) electrons. The summed E-state index contributed by atoms with van der Waals surface area (Å²) < 4.78 is 5.91. The normalized spacial score (nSPS) is 12.0. The number of carbonyl (C=O) groups excluding carboxylic acids is 1. The Hall–Kier alpha value is -3.57. The topological polar surface area (TPSA) is 50.7 Å². The lowest BCUT2D eigenvalue weighted by atomic mass is 10.1. The Morgan fingerprint density at radius 2 is 1.66 bits per heavy atom. The summed E-state index contributed by atoms with van der Waals surface area (Å²) in [5, 5.41) is 6.27. The Labute approximate surface area is 192 Å². The molecule has 0 saturated carbocycles. The van der Waals surface area contributed by atoms with Crippen molar-refractivity contribution in [3.8, 4) is 5.75 Å². The fraction of sp³-hybridized carbons (Fsp3) is 0.111. The highest BCUT2D eigenvalue weighted by Crippen LogP contribution is 2.22. The number of ether oxygens (including phenoxy) is 1. The molecular formula is C27H24N2O2S. The van der Waals surface area contributed by atoms with Gasteiger partial charge in [0.25, 0.3) is 5.91 Å². The summed E-state index contributed by atoms with van der Waals surface area (Å²) in [4.78, 5) is 13.3. The SMILES string of the molecule is C[C@H](Sc1ccccc1)C(=O)N/N=C\c1ccc(OCc2ccc3ccccc3c2)cc1. The van der Waals surface area contributed by atoms with Crippen LogP contribution in [0.15, 0.2) is 107 Å². The molecule has 4 aromatic rings. The molecule has 0 spiro atoms. The summed E-state index contributed by atoms with van der Waals surface area (Å²) in [5.41, 5.74) is 4.61. The van der Waals surface area contributed by atoms with E-state index in [1.807, 2.05) is 73.7 Å². The van der Waals surface area contributed by atoms with Crippen LogP contribution in [0.1, 0.15) is 18.1 Å². The van der Waals surface area contributed by atoms with Crippen molar-refractivity contribution < 1.29 is 9.53 Å². The quantitative estimate of drug-likeness (QED) is 0.206. The molecule has 1 atom stereocenters. The molecule has 0 aliphatic carbocycles. The molecule has 4 rings (SSSR count). The zero-order chi connectivity index (χ0) is 22.2. The zero-order valence-corrected chi connectivity index (χ0v) is 18.6. The van der Waals surface area contributed by atoms with Crippen LogP contribution in [-0.2, 0) is 11.4 Å². The average molecular weight is 441 g/mol. The number of hydrogen-bond donors (Lipinski definition) is 1. The molecule has 0 fully saturated rings. The van der Waals surface area contributed by atoms with Gasteiger partial charge in [0.2, 0.25) is 0 Å². The number of benzene rings is 4. The fourth-order valence-electron chi connectivity index (χ4n) is 3.16. The minimum Gasteiger partial charge on any atom is -0.489 e. The van der Waals surface area contributed by atoms with E-state index in [-0.39, 0.29) is 11.2 Å². The van der Waals surface area contributed by atoms with Gasteiger partial charge in [-0.25, -0.2) is 5.43 Å². The van der Waals surface area contributed by atoms with Crippen molar-refractivity contribution in [2.24, 2.45) is 5.10 Å². The van der Waals surface area contributed by atoms with Crippen molar-refractivity contribution in [1.29, 1.82) is 0 Å². The molecule has 0 bridgehead atoms. The summed E-state index contributed by atoms with van der Waals surface area (Å²) in [6, 6.07) is 32.1. The number of rotatable bonds is 8. The van der Waals surface area contributed by atoms with E-state index in [0.29, 0.717) is 6.61 Å². The van der Waals surface area contributed by atoms with Crippen LogP contribution in [0.2, 0.25) is 0 Å². The Bertz CT molecular complexity index is 1210. The van der Waals surface area contributed by atoms with Crippen molar-refractivity contribution in [3.05, 3.63) is 108 Å². The lowest BCUT2D eigenvalue weighted by Gasteiger charge is -2.09. The summed E-state index contributed by atoms with van der Waals surface area (Å²) in [6.07, 6.45) is 1.63. The molecule has 4 aromatic carbocycles. The predicted octanol–water partition coefficient (Wildman–Crippen LogP) is 6.05. The molecule has 0 heterocycles. The van der Waals surface area contributed by atoms with Gasteiger partial charge in [0, 0.05) is 4.90 Å². The van der Waals surface area contributed by atoms with Gasteiger partial charge < -0.3 is 4.74 Å². The number of hydrogen-bond acceptors (Lipinski definition) is 4. The third kappa shape index (κ3) is 5.99. The predicted molar refractivity (Wildman–Crippen MR) is 132 cm³/mol. The summed E-state index contributed by atoms with van der Waals surface area (Å²) in [5.74, 6) is 0.651. The second kappa shape index (κ2) is 10.6. The molecule has 0 saturated heterocycles. The Morgan fingerprint density at radius 3 is 2.44 bits per heavy atom. The minimum absolute atomic E-state index is 0.134. The lowest BCUT2D eigenvalue weighted by molar-refractivity contribution is -0.120. The smallest absolute Gasteiger partial charge is 0.253 e. The Kier molecular flexibility index (Phi) is 7.20. The average Bonchev–Trinajstić information content (AvgIpc) is 2.84. The van der Waals surface area contributed by atoms with Crippen LogP contribution in [0.4, 0.5) is 0 Å². The molecule has 32 heavy (non-hydrogen) atoms. The van der Waals surface area contributed by atoms with E-state index in [1.54, 1.807) is 6.21 Å². The van der Waals surface area contributed by atoms with Gasteiger partial charge in [-0.3, -0.25) is 4.79 Å². The second-order valence-corrected chi connectivity index (χ2v) is 8.76. The summed E-state index contributed by atoms with van der Waals surface area (Å²) >= 11 is 1.50. The standard InChI is InChI=1S/C27H24N2O2S/c1-20(32-26-9-3-2-4-10-26)27(30)29-28-18-21-12-15-25(16-13-21)31-19-22-11-14-23-7-5-6-8-24(23)17-22/h2-18,20H,19H2,1H3,(H,29,30)/b28-18-/t20-/m0/s1. The molecule has 0 aliphatic rings. The van der Waals surface area contributed by atoms with Crippen LogP contribution in [0, 0.1) is 0 Å². The van der Waals surface area contributed by atoms with E-state index in [9.17, 15) is 4.79 Å². The van der Waals surface area contributed by atoms with Crippen LogP contribution in [0.5, 0.6) is 5.75 Å². The third-order valence-electron chi connectivity index (χ3n) is 4.91. The lowest BCUT2D eigenvalue weighted by Crippen LogP contribution is -2.26. The van der Waals surface area contributed by atoms with Gasteiger partial charge in [-0.15, -0.1) is 11.8 Å². The van der Waals surface area contributed by atoms with Crippen molar-refractivity contribution in [3.63, 3.8) is 0 Å². The number of fused-ring (bicyclic) bond motifs is 1.